The predicted octanol–water partition coefficient (Wildman–Crippen LogP) is 1.12. The summed E-state index contributed by atoms with van der Waals surface area (Å²) in [5.41, 5.74) is 4.31. The smallest absolute Gasteiger partial charge is 0.349 e. The van der Waals surface area contributed by atoms with E-state index >= 15 is 0 Å². The number of aromatic nitrogens is 5. The summed E-state index contributed by atoms with van der Waals surface area (Å²) in [4.78, 5) is 32.0. The number of aromatic amines is 1. The highest BCUT2D eigenvalue weighted by Crippen LogP contribution is 2.29. The number of H-pyrrole nitrogens is 1. The van der Waals surface area contributed by atoms with Gasteiger partial charge in [0.2, 0.25) is 5.88 Å². The number of rotatable bonds is 7. The van der Waals surface area contributed by atoms with E-state index in [1.807, 2.05) is 19.0 Å². The van der Waals surface area contributed by atoms with Crippen LogP contribution in [0.2, 0.25) is 0 Å². The lowest BCUT2D eigenvalue weighted by Gasteiger charge is -2.12. The Morgan fingerprint density at radius 2 is 1.88 bits per heavy atom. The molecule has 0 saturated carbocycles. The minimum Gasteiger partial charge on any atom is -0.480 e. The first kappa shape index (κ1) is 21.2. The van der Waals surface area contributed by atoms with Crippen LogP contribution >= 0.6 is 0 Å². The molecule has 0 amide bonds. The zero-order valence-electron chi connectivity index (χ0n) is 17.6. The first-order chi connectivity index (χ1) is 15.4. The Kier molecular flexibility index (Phi) is 5.73. The number of nitrogens with one attached hydrogen (secondary N) is 2. The van der Waals surface area contributed by atoms with Crippen molar-refractivity contribution in [3.05, 3.63) is 69.0 Å². The van der Waals surface area contributed by atoms with Crippen LogP contribution < -0.4 is 21.5 Å². The van der Waals surface area contributed by atoms with E-state index in [0.717, 1.165) is 21.3 Å². The maximum Gasteiger partial charge on any atom is 0.349 e. The predicted molar refractivity (Wildman–Crippen MR) is 116 cm³/mol. The highest BCUT2D eigenvalue weighted by molar-refractivity contribution is 5.77. The lowest BCUT2D eigenvalue weighted by molar-refractivity contribution is -0.215. The summed E-state index contributed by atoms with van der Waals surface area (Å²) in [5, 5.41) is 19.0. The van der Waals surface area contributed by atoms with Gasteiger partial charge in [0.25, 0.3) is 5.56 Å². The van der Waals surface area contributed by atoms with Crippen LogP contribution in [0, 0.1) is 0 Å². The van der Waals surface area contributed by atoms with Gasteiger partial charge in [0.05, 0.1) is 12.8 Å². The summed E-state index contributed by atoms with van der Waals surface area (Å²) in [6, 6.07) is 10.0. The van der Waals surface area contributed by atoms with Crippen LogP contribution in [0.15, 0.2) is 52.2 Å². The van der Waals surface area contributed by atoms with Crippen molar-refractivity contribution in [2.75, 3.05) is 26.7 Å². The summed E-state index contributed by atoms with van der Waals surface area (Å²) in [7, 11) is 5.22. The van der Waals surface area contributed by atoms with Crippen molar-refractivity contribution in [1.29, 1.82) is 0 Å². The molecule has 0 unspecified atom stereocenters. The van der Waals surface area contributed by atoms with E-state index in [1.165, 1.54) is 23.8 Å². The fourth-order valence-corrected chi connectivity index (χ4v) is 3.46. The molecule has 3 N–H and O–H groups in total. The minimum absolute atomic E-state index is 0.0810. The van der Waals surface area contributed by atoms with E-state index in [2.05, 4.69) is 25.8 Å². The summed E-state index contributed by atoms with van der Waals surface area (Å²) in [6.07, 6.45) is 1.70. The molecule has 4 aromatic rings. The van der Waals surface area contributed by atoms with Gasteiger partial charge in [-0.15, -0.1) is 15.2 Å². The average molecular weight is 439 g/mol. The quantitative estimate of drug-likeness (QED) is 0.285. The summed E-state index contributed by atoms with van der Waals surface area (Å²) >= 11 is 0. The standard InChI is InChI=1S/C20H21N7O5/c1-25(2)10-15-14(12-4-6-13(7-5-12)24-32-30)11-26-18(15)19(28)27(20(29)23-26)16-8-9-17(31-3)22-21-16/h4-9,11,24,30H,10H2,1-3H3,(H,23,29). The molecule has 0 fully saturated rings. The molecule has 0 spiro atoms. The molecule has 12 heteroatoms. The van der Waals surface area contributed by atoms with Gasteiger partial charge in [0, 0.05) is 29.9 Å². The van der Waals surface area contributed by atoms with Gasteiger partial charge in [-0.2, -0.15) is 0 Å². The van der Waals surface area contributed by atoms with E-state index < -0.39 is 11.2 Å². The van der Waals surface area contributed by atoms with Crippen LogP contribution in [0.4, 0.5) is 5.69 Å². The van der Waals surface area contributed by atoms with Crippen molar-refractivity contribution in [3.63, 3.8) is 0 Å². The Morgan fingerprint density at radius 1 is 1.12 bits per heavy atom. The first-order valence-corrected chi connectivity index (χ1v) is 9.52. The molecule has 0 aliphatic rings. The maximum absolute atomic E-state index is 13.4. The van der Waals surface area contributed by atoms with Gasteiger partial charge in [-0.25, -0.2) is 25.2 Å². The zero-order valence-corrected chi connectivity index (χ0v) is 17.6. The number of hydrogen-bond donors (Lipinski definition) is 3. The molecule has 3 heterocycles. The highest BCUT2D eigenvalue weighted by atomic mass is 17.2. The van der Waals surface area contributed by atoms with Crippen molar-refractivity contribution < 1.29 is 15.0 Å². The number of hydrogen-bond acceptors (Lipinski definition) is 9. The number of nitrogens with zero attached hydrogens (tertiary/aromatic N) is 5. The van der Waals surface area contributed by atoms with E-state index in [9.17, 15) is 9.59 Å². The fraction of sp³-hybridized carbons (Fsp3) is 0.200. The van der Waals surface area contributed by atoms with Gasteiger partial charge < -0.3 is 9.64 Å². The summed E-state index contributed by atoms with van der Waals surface area (Å²) in [6.45, 7) is 0.446. The lowest BCUT2D eigenvalue weighted by atomic mass is 10.0. The second kappa shape index (κ2) is 8.63. The average Bonchev–Trinajstić information content (AvgIpc) is 3.12. The van der Waals surface area contributed by atoms with Crippen LogP contribution in [-0.2, 0) is 11.5 Å². The molecule has 0 saturated heterocycles. The second-order valence-corrected chi connectivity index (χ2v) is 7.24. The third kappa shape index (κ3) is 3.85. The topological polar surface area (TPSA) is 139 Å². The molecule has 1 aromatic carbocycles. The Balaban J connectivity index is 1.94. The molecule has 0 radical (unpaired) electrons. The van der Waals surface area contributed by atoms with Crippen LogP contribution in [0.25, 0.3) is 22.5 Å². The number of methoxy groups -OCH3 is 1. The normalized spacial score (nSPS) is 11.3. The molecule has 3 aromatic heterocycles. The monoisotopic (exact) mass is 439 g/mol. The molecule has 0 atom stereocenters. The molecule has 4 rings (SSSR count). The molecule has 166 valence electrons. The van der Waals surface area contributed by atoms with Crippen LogP contribution in [0.3, 0.4) is 0 Å². The van der Waals surface area contributed by atoms with E-state index in [1.54, 1.807) is 30.5 Å². The third-order valence-corrected chi connectivity index (χ3v) is 4.83. The number of ether oxygens (including phenoxy) is 1. The van der Waals surface area contributed by atoms with Gasteiger partial charge in [0.1, 0.15) is 5.52 Å². The molecule has 0 aliphatic carbocycles. The van der Waals surface area contributed by atoms with Crippen molar-refractivity contribution in [2.24, 2.45) is 0 Å². The maximum atomic E-state index is 13.4. The Bertz CT molecular complexity index is 1350. The summed E-state index contributed by atoms with van der Waals surface area (Å²) in [5.74, 6) is 0.347. The molecular formula is C20H21N7O5. The Morgan fingerprint density at radius 3 is 2.47 bits per heavy atom. The zero-order chi connectivity index (χ0) is 22.8. The largest absolute Gasteiger partial charge is 0.480 e. The first-order valence-electron chi connectivity index (χ1n) is 9.52. The number of benzene rings is 1. The molecule has 0 aliphatic heterocycles. The van der Waals surface area contributed by atoms with E-state index in [4.69, 9.17) is 9.99 Å². The minimum atomic E-state index is -0.653. The van der Waals surface area contributed by atoms with Crippen molar-refractivity contribution in [2.45, 2.75) is 6.54 Å². The molecular weight excluding hydrogens is 418 g/mol. The van der Waals surface area contributed by atoms with Crippen LogP contribution in [-0.4, -0.2) is 55.7 Å². The van der Waals surface area contributed by atoms with Gasteiger partial charge in [-0.05, 0) is 37.9 Å². The van der Waals surface area contributed by atoms with Crippen LogP contribution in [0.5, 0.6) is 5.88 Å². The van der Waals surface area contributed by atoms with Gasteiger partial charge in [-0.3, -0.25) is 9.31 Å². The SMILES string of the molecule is COc1ccc(-n2c(=O)[nH]n3cc(-c4ccc(NOO)cc4)c(CN(C)C)c3c2=O)nn1. The third-order valence-electron chi connectivity index (χ3n) is 4.83. The lowest BCUT2D eigenvalue weighted by Crippen LogP contribution is -2.37. The molecule has 32 heavy (non-hydrogen) atoms. The van der Waals surface area contributed by atoms with Crippen LogP contribution in [0.1, 0.15) is 5.56 Å². The Labute approximate surface area is 181 Å². The van der Waals surface area contributed by atoms with Gasteiger partial charge in [-0.1, -0.05) is 12.1 Å². The number of fused-ring (bicyclic) bond motifs is 1. The molecule has 12 nitrogen and oxygen atoms in total. The van der Waals surface area contributed by atoms with Crippen molar-refractivity contribution >= 4 is 11.2 Å². The number of anilines is 1. The fourth-order valence-electron chi connectivity index (χ4n) is 3.46. The van der Waals surface area contributed by atoms with Gasteiger partial charge >= 0.3 is 5.69 Å². The van der Waals surface area contributed by atoms with E-state index in [0.29, 0.717) is 17.7 Å². The van der Waals surface area contributed by atoms with Crippen molar-refractivity contribution in [1.82, 2.24) is 29.3 Å². The van der Waals surface area contributed by atoms with E-state index in [-0.39, 0.29) is 11.7 Å². The Hall–Kier alpha value is -4.00. The highest BCUT2D eigenvalue weighted by Gasteiger charge is 2.20. The molecule has 0 bridgehead atoms. The summed E-state index contributed by atoms with van der Waals surface area (Å²) < 4.78 is 7.36. The van der Waals surface area contributed by atoms with Gasteiger partial charge in [0.15, 0.2) is 5.82 Å². The second-order valence-electron chi connectivity index (χ2n) is 7.24. The van der Waals surface area contributed by atoms with Crippen molar-refractivity contribution in [3.8, 4) is 22.8 Å².